The summed E-state index contributed by atoms with van der Waals surface area (Å²) < 4.78 is 26.3. The van der Waals surface area contributed by atoms with Gasteiger partial charge in [0.1, 0.15) is 16.2 Å². The molecule has 16 heavy (non-hydrogen) atoms. The summed E-state index contributed by atoms with van der Waals surface area (Å²) >= 11 is 3.37. The molecule has 1 heterocycles. The van der Waals surface area contributed by atoms with E-state index in [1.807, 2.05) is 18.4 Å². The van der Waals surface area contributed by atoms with Crippen molar-refractivity contribution in [3.8, 4) is 0 Å². The van der Waals surface area contributed by atoms with Crippen LogP contribution in [0.15, 0.2) is 10.8 Å². The van der Waals surface area contributed by atoms with Crippen molar-refractivity contribution < 1.29 is 8.42 Å². The monoisotopic (exact) mass is 308 g/mol. The number of aromatic nitrogens is 2. The minimum atomic E-state index is -3.10. The van der Waals surface area contributed by atoms with Gasteiger partial charge in [-0.2, -0.15) is 0 Å². The molecule has 0 spiro atoms. The van der Waals surface area contributed by atoms with Gasteiger partial charge in [0.15, 0.2) is 9.84 Å². The van der Waals surface area contributed by atoms with Crippen LogP contribution in [0, 0.1) is 0 Å². The molecule has 0 aliphatic rings. The van der Waals surface area contributed by atoms with E-state index in [1.54, 1.807) is 20.0 Å². The van der Waals surface area contributed by atoms with Crippen LogP contribution in [0.2, 0.25) is 0 Å². The predicted molar refractivity (Wildman–Crippen MR) is 68.1 cm³/mol. The number of imidazole rings is 1. The third-order valence-corrected chi connectivity index (χ3v) is 5.08. The van der Waals surface area contributed by atoms with Crippen molar-refractivity contribution in [1.29, 1.82) is 0 Å². The minimum Gasteiger partial charge on any atom is -0.319 e. The zero-order chi connectivity index (χ0) is 12.5. The average molecular weight is 309 g/mol. The standard InChI is InChI=1S/C10H17BrN2O2S/c1-7(2)13-9(11)5-12-10(13)6-16(14,15)8(3)4/h5,7-8H,6H2,1-4H3. The molecule has 0 bridgehead atoms. The van der Waals surface area contributed by atoms with E-state index in [9.17, 15) is 8.42 Å². The van der Waals surface area contributed by atoms with Crippen molar-refractivity contribution in [2.45, 2.75) is 44.7 Å². The summed E-state index contributed by atoms with van der Waals surface area (Å²) in [4.78, 5) is 4.14. The molecule has 0 atom stereocenters. The fourth-order valence-corrected chi connectivity index (χ4v) is 3.00. The first-order valence-electron chi connectivity index (χ1n) is 5.19. The Kier molecular flexibility index (Phi) is 4.17. The highest BCUT2D eigenvalue weighted by atomic mass is 79.9. The Hall–Kier alpha value is -0.360. The first kappa shape index (κ1) is 13.7. The van der Waals surface area contributed by atoms with Gasteiger partial charge < -0.3 is 4.57 Å². The Morgan fingerprint density at radius 3 is 2.38 bits per heavy atom. The summed E-state index contributed by atoms with van der Waals surface area (Å²) in [7, 11) is -3.10. The Labute approximate surface area is 105 Å². The summed E-state index contributed by atoms with van der Waals surface area (Å²) in [5.41, 5.74) is 0. The van der Waals surface area contributed by atoms with Crippen LogP contribution in [0.3, 0.4) is 0 Å². The zero-order valence-corrected chi connectivity index (χ0v) is 12.3. The van der Waals surface area contributed by atoms with E-state index in [-0.39, 0.29) is 17.0 Å². The molecule has 0 aliphatic carbocycles. The highest BCUT2D eigenvalue weighted by molar-refractivity contribution is 9.10. The Balaban J connectivity index is 3.08. The molecule has 0 N–H and O–H groups in total. The lowest BCUT2D eigenvalue weighted by atomic mass is 10.4. The smallest absolute Gasteiger partial charge is 0.159 e. The number of sulfone groups is 1. The predicted octanol–water partition coefficient (Wildman–Crippen LogP) is 2.55. The number of halogens is 1. The molecule has 0 fully saturated rings. The summed E-state index contributed by atoms with van der Waals surface area (Å²) in [5, 5.41) is -0.372. The van der Waals surface area contributed by atoms with E-state index >= 15 is 0 Å². The second-order valence-electron chi connectivity index (χ2n) is 4.32. The van der Waals surface area contributed by atoms with Gasteiger partial charge in [0, 0.05) is 6.04 Å². The highest BCUT2D eigenvalue weighted by Gasteiger charge is 2.21. The fraction of sp³-hybridized carbons (Fsp3) is 0.700. The molecular weight excluding hydrogens is 292 g/mol. The van der Waals surface area contributed by atoms with E-state index in [1.165, 1.54) is 0 Å². The lowest BCUT2D eigenvalue weighted by Crippen LogP contribution is -2.19. The topological polar surface area (TPSA) is 52.0 Å². The Morgan fingerprint density at radius 1 is 1.38 bits per heavy atom. The highest BCUT2D eigenvalue weighted by Crippen LogP contribution is 2.21. The van der Waals surface area contributed by atoms with E-state index in [2.05, 4.69) is 20.9 Å². The molecule has 0 saturated heterocycles. The quantitative estimate of drug-likeness (QED) is 0.859. The lowest BCUT2D eigenvalue weighted by molar-refractivity contribution is 0.556. The number of rotatable bonds is 4. The van der Waals surface area contributed by atoms with Crippen LogP contribution in [0.25, 0.3) is 0 Å². The van der Waals surface area contributed by atoms with Crippen molar-refractivity contribution >= 4 is 25.8 Å². The van der Waals surface area contributed by atoms with E-state index < -0.39 is 9.84 Å². The van der Waals surface area contributed by atoms with E-state index in [0.717, 1.165) is 4.60 Å². The maximum Gasteiger partial charge on any atom is 0.159 e. The summed E-state index contributed by atoms with van der Waals surface area (Å²) in [6, 6.07) is 0.189. The molecule has 0 radical (unpaired) electrons. The molecule has 1 aromatic heterocycles. The molecule has 6 heteroatoms. The van der Waals surface area contributed by atoms with Gasteiger partial charge in [0.05, 0.1) is 11.4 Å². The second kappa shape index (κ2) is 4.87. The van der Waals surface area contributed by atoms with Crippen molar-refractivity contribution in [2.24, 2.45) is 0 Å². The fourth-order valence-electron chi connectivity index (χ4n) is 1.37. The van der Waals surface area contributed by atoms with Crippen molar-refractivity contribution in [1.82, 2.24) is 9.55 Å². The first-order valence-corrected chi connectivity index (χ1v) is 7.69. The maximum absolute atomic E-state index is 11.8. The van der Waals surface area contributed by atoms with Crippen molar-refractivity contribution in [2.75, 3.05) is 0 Å². The van der Waals surface area contributed by atoms with Gasteiger partial charge in [-0.05, 0) is 43.6 Å². The molecule has 0 aliphatic heterocycles. The van der Waals surface area contributed by atoms with Gasteiger partial charge in [-0.25, -0.2) is 13.4 Å². The molecule has 0 unspecified atom stereocenters. The molecule has 0 saturated carbocycles. The first-order chi connectivity index (χ1) is 7.25. The molecular formula is C10H17BrN2O2S. The van der Waals surface area contributed by atoms with E-state index in [0.29, 0.717) is 5.82 Å². The van der Waals surface area contributed by atoms with Crippen LogP contribution >= 0.6 is 15.9 Å². The van der Waals surface area contributed by atoms with Crippen LogP contribution in [0.5, 0.6) is 0 Å². The van der Waals surface area contributed by atoms with Gasteiger partial charge in [-0.1, -0.05) is 0 Å². The number of nitrogens with zero attached hydrogens (tertiary/aromatic N) is 2. The van der Waals surface area contributed by atoms with Gasteiger partial charge in [0.25, 0.3) is 0 Å². The Morgan fingerprint density at radius 2 is 1.94 bits per heavy atom. The third kappa shape index (κ3) is 2.85. The summed E-state index contributed by atoms with van der Waals surface area (Å²) in [6.45, 7) is 7.37. The third-order valence-electron chi connectivity index (χ3n) is 2.39. The number of hydrogen-bond acceptors (Lipinski definition) is 3. The molecule has 0 amide bonds. The van der Waals surface area contributed by atoms with Crippen molar-refractivity contribution in [3.63, 3.8) is 0 Å². The molecule has 1 rings (SSSR count). The van der Waals surface area contributed by atoms with Gasteiger partial charge >= 0.3 is 0 Å². The SMILES string of the molecule is CC(C)n1c(Br)cnc1CS(=O)(=O)C(C)C. The van der Waals surface area contributed by atoms with Crippen LogP contribution < -0.4 is 0 Å². The lowest BCUT2D eigenvalue weighted by Gasteiger charge is -2.14. The zero-order valence-electron chi connectivity index (χ0n) is 9.94. The van der Waals surface area contributed by atoms with Crippen LogP contribution in [0.4, 0.5) is 0 Å². The van der Waals surface area contributed by atoms with Crippen LogP contribution in [-0.2, 0) is 15.6 Å². The second-order valence-corrected chi connectivity index (χ2v) is 7.69. The summed E-state index contributed by atoms with van der Waals surface area (Å²) in [5.74, 6) is 0.588. The molecule has 0 aromatic carbocycles. The largest absolute Gasteiger partial charge is 0.319 e. The van der Waals surface area contributed by atoms with Crippen molar-refractivity contribution in [3.05, 3.63) is 16.6 Å². The minimum absolute atomic E-state index is 0.00551. The summed E-state index contributed by atoms with van der Waals surface area (Å²) in [6.07, 6.45) is 1.64. The maximum atomic E-state index is 11.8. The van der Waals surface area contributed by atoms with Gasteiger partial charge in [-0.15, -0.1) is 0 Å². The van der Waals surface area contributed by atoms with Crippen LogP contribution in [0.1, 0.15) is 39.6 Å². The van der Waals surface area contributed by atoms with Crippen LogP contribution in [-0.4, -0.2) is 23.2 Å². The Bertz CT molecular complexity index is 463. The molecule has 1 aromatic rings. The van der Waals surface area contributed by atoms with E-state index in [4.69, 9.17) is 0 Å². The molecule has 4 nitrogen and oxygen atoms in total. The number of hydrogen-bond donors (Lipinski definition) is 0. The van der Waals surface area contributed by atoms with Gasteiger partial charge in [-0.3, -0.25) is 0 Å². The molecule has 92 valence electrons. The average Bonchev–Trinajstić information content (AvgIpc) is 2.45. The van der Waals surface area contributed by atoms with Gasteiger partial charge in [0.2, 0.25) is 0 Å². The normalized spacial score (nSPS) is 12.7.